The number of carbonyl (C=O) groups is 1. The number of rotatable bonds is 9. The van der Waals surface area contributed by atoms with Gasteiger partial charge >= 0.3 is 5.97 Å². The lowest BCUT2D eigenvalue weighted by Crippen LogP contribution is -2.21. The van der Waals surface area contributed by atoms with E-state index in [2.05, 4.69) is 5.32 Å². The fourth-order valence-electron chi connectivity index (χ4n) is 1.02. The molecule has 0 saturated heterocycles. The SMILES string of the molecule is CCNCCOC(=O)CCCOC(C)C. The van der Waals surface area contributed by atoms with Crippen LogP contribution in [0.3, 0.4) is 0 Å². The minimum absolute atomic E-state index is 0.139. The van der Waals surface area contributed by atoms with Gasteiger partial charge in [-0.25, -0.2) is 0 Å². The highest BCUT2D eigenvalue weighted by molar-refractivity contribution is 5.69. The second kappa shape index (κ2) is 9.93. The molecule has 4 nitrogen and oxygen atoms in total. The highest BCUT2D eigenvalue weighted by Gasteiger charge is 2.02. The molecule has 0 aliphatic heterocycles. The lowest BCUT2D eigenvalue weighted by Gasteiger charge is -2.07. The molecule has 0 aromatic carbocycles. The summed E-state index contributed by atoms with van der Waals surface area (Å²) in [7, 11) is 0. The van der Waals surface area contributed by atoms with Gasteiger partial charge in [-0.1, -0.05) is 6.92 Å². The molecule has 90 valence electrons. The van der Waals surface area contributed by atoms with Crippen molar-refractivity contribution in [1.29, 1.82) is 0 Å². The summed E-state index contributed by atoms with van der Waals surface area (Å²) in [5.41, 5.74) is 0. The Bertz CT molecular complexity index is 160. The summed E-state index contributed by atoms with van der Waals surface area (Å²) in [5.74, 6) is -0.139. The van der Waals surface area contributed by atoms with Gasteiger partial charge in [-0.15, -0.1) is 0 Å². The van der Waals surface area contributed by atoms with Gasteiger partial charge in [-0.05, 0) is 26.8 Å². The highest BCUT2D eigenvalue weighted by Crippen LogP contribution is 1.96. The van der Waals surface area contributed by atoms with Crippen LogP contribution in [0.2, 0.25) is 0 Å². The first-order chi connectivity index (χ1) is 7.16. The van der Waals surface area contributed by atoms with Crippen molar-refractivity contribution in [2.24, 2.45) is 0 Å². The maximum absolute atomic E-state index is 11.1. The quantitative estimate of drug-likeness (QED) is 0.468. The number of esters is 1. The van der Waals surface area contributed by atoms with Gasteiger partial charge in [0.2, 0.25) is 0 Å². The molecule has 0 amide bonds. The fraction of sp³-hybridized carbons (Fsp3) is 0.909. The van der Waals surface area contributed by atoms with E-state index in [1.54, 1.807) is 0 Å². The van der Waals surface area contributed by atoms with E-state index in [4.69, 9.17) is 9.47 Å². The Kier molecular flexibility index (Phi) is 9.52. The first-order valence-electron chi connectivity index (χ1n) is 5.64. The van der Waals surface area contributed by atoms with E-state index in [0.29, 0.717) is 19.6 Å². The lowest BCUT2D eigenvalue weighted by atomic mass is 10.3. The molecule has 0 atom stereocenters. The van der Waals surface area contributed by atoms with Crippen LogP contribution in [0.4, 0.5) is 0 Å². The van der Waals surface area contributed by atoms with Crippen LogP contribution in [-0.4, -0.2) is 38.4 Å². The standard InChI is InChI=1S/C11H23NO3/c1-4-12-7-9-15-11(13)6-5-8-14-10(2)3/h10,12H,4-9H2,1-3H3. The van der Waals surface area contributed by atoms with E-state index < -0.39 is 0 Å². The summed E-state index contributed by atoms with van der Waals surface area (Å²) < 4.78 is 10.3. The smallest absolute Gasteiger partial charge is 0.305 e. The Morgan fingerprint density at radius 2 is 2.07 bits per heavy atom. The summed E-state index contributed by atoms with van der Waals surface area (Å²) in [4.78, 5) is 11.1. The minimum atomic E-state index is -0.139. The summed E-state index contributed by atoms with van der Waals surface area (Å²) >= 11 is 0. The molecule has 15 heavy (non-hydrogen) atoms. The van der Waals surface area contributed by atoms with E-state index in [1.807, 2.05) is 20.8 Å². The molecule has 0 spiro atoms. The average molecular weight is 217 g/mol. The Morgan fingerprint density at radius 3 is 2.67 bits per heavy atom. The predicted molar refractivity (Wildman–Crippen MR) is 59.8 cm³/mol. The van der Waals surface area contributed by atoms with Gasteiger partial charge in [-0.2, -0.15) is 0 Å². The van der Waals surface area contributed by atoms with Crippen molar-refractivity contribution >= 4 is 5.97 Å². The number of hydrogen-bond acceptors (Lipinski definition) is 4. The average Bonchev–Trinajstić information content (AvgIpc) is 2.19. The Labute approximate surface area is 92.3 Å². The van der Waals surface area contributed by atoms with Crippen molar-refractivity contribution in [2.45, 2.75) is 39.7 Å². The van der Waals surface area contributed by atoms with Crippen molar-refractivity contribution < 1.29 is 14.3 Å². The molecule has 0 aromatic heterocycles. The maximum Gasteiger partial charge on any atom is 0.305 e. The molecule has 4 heteroatoms. The van der Waals surface area contributed by atoms with Gasteiger partial charge in [0, 0.05) is 19.6 Å². The van der Waals surface area contributed by atoms with Crippen LogP contribution in [0.15, 0.2) is 0 Å². The number of ether oxygens (including phenoxy) is 2. The van der Waals surface area contributed by atoms with Gasteiger partial charge in [0.15, 0.2) is 0 Å². The zero-order chi connectivity index (χ0) is 11.5. The minimum Gasteiger partial charge on any atom is -0.464 e. The summed E-state index contributed by atoms with van der Waals surface area (Å²) in [6.45, 7) is 8.69. The third kappa shape index (κ3) is 11.3. The highest BCUT2D eigenvalue weighted by atomic mass is 16.5. The third-order valence-electron chi connectivity index (χ3n) is 1.77. The fourth-order valence-corrected chi connectivity index (χ4v) is 1.02. The van der Waals surface area contributed by atoms with Gasteiger partial charge in [0.05, 0.1) is 6.10 Å². The molecule has 0 bridgehead atoms. The van der Waals surface area contributed by atoms with Crippen molar-refractivity contribution in [3.8, 4) is 0 Å². The summed E-state index contributed by atoms with van der Waals surface area (Å²) in [5, 5.41) is 3.08. The second-order valence-corrected chi connectivity index (χ2v) is 3.60. The molecule has 0 aliphatic rings. The largest absolute Gasteiger partial charge is 0.464 e. The van der Waals surface area contributed by atoms with Gasteiger partial charge in [0.1, 0.15) is 6.61 Å². The lowest BCUT2D eigenvalue weighted by molar-refractivity contribution is -0.143. The number of hydrogen-bond donors (Lipinski definition) is 1. The van der Waals surface area contributed by atoms with E-state index >= 15 is 0 Å². The van der Waals surface area contributed by atoms with E-state index in [0.717, 1.165) is 19.5 Å². The van der Waals surface area contributed by atoms with Crippen molar-refractivity contribution in [3.63, 3.8) is 0 Å². The van der Waals surface area contributed by atoms with Crippen molar-refractivity contribution in [1.82, 2.24) is 5.32 Å². The molecule has 0 rings (SSSR count). The molecule has 0 saturated carbocycles. The van der Waals surface area contributed by atoms with Crippen molar-refractivity contribution in [2.75, 3.05) is 26.3 Å². The van der Waals surface area contributed by atoms with Gasteiger partial charge in [-0.3, -0.25) is 4.79 Å². The summed E-state index contributed by atoms with van der Waals surface area (Å²) in [6, 6.07) is 0. The number of carbonyl (C=O) groups excluding carboxylic acids is 1. The zero-order valence-electron chi connectivity index (χ0n) is 10.0. The normalized spacial score (nSPS) is 10.7. The third-order valence-corrected chi connectivity index (χ3v) is 1.77. The van der Waals surface area contributed by atoms with Gasteiger partial charge in [0.25, 0.3) is 0 Å². The molecule has 0 radical (unpaired) electrons. The molecule has 0 aliphatic carbocycles. The van der Waals surface area contributed by atoms with E-state index in [9.17, 15) is 4.79 Å². The molecule has 0 fully saturated rings. The Balaban J connectivity index is 3.19. The zero-order valence-corrected chi connectivity index (χ0v) is 10.0. The van der Waals surface area contributed by atoms with E-state index in [-0.39, 0.29) is 12.1 Å². The van der Waals surface area contributed by atoms with Crippen LogP contribution < -0.4 is 5.32 Å². The van der Waals surface area contributed by atoms with Crippen LogP contribution in [0.5, 0.6) is 0 Å². The second-order valence-electron chi connectivity index (χ2n) is 3.60. The van der Waals surface area contributed by atoms with Crippen molar-refractivity contribution in [3.05, 3.63) is 0 Å². The van der Waals surface area contributed by atoms with Crippen LogP contribution in [0, 0.1) is 0 Å². The Morgan fingerprint density at radius 1 is 1.33 bits per heavy atom. The Hall–Kier alpha value is -0.610. The molecular formula is C11H23NO3. The number of nitrogens with one attached hydrogen (secondary N) is 1. The first-order valence-corrected chi connectivity index (χ1v) is 5.64. The van der Waals surface area contributed by atoms with Gasteiger partial charge < -0.3 is 14.8 Å². The molecule has 0 aromatic rings. The monoisotopic (exact) mass is 217 g/mol. The van der Waals surface area contributed by atoms with Crippen LogP contribution in [0.1, 0.15) is 33.6 Å². The van der Waals surface area contributed by atoms with E-state index in [1.165, 1.54) is 0 Å². The first kappa shape index (κ1) is 14.4. The number of likely N-dealkylation sites (N-methyl/N-ethyl adjacent to an activating group) is 1. The summed E-state index contributed by atoms with van der Waals surface area (Å²) in [6.07, 6.45) is 1.41. The maximum atomic E-state index is 11.1. The topological polar surface area (TPSA) is 47.6 Å². The molecular weight excluding hydrogens is 194 g/mol. The molecule has 0 heterocycles. The van der Waals surface area contributed by atoms with Crippen LogP contribution >= 0.6 is 0 Å². The molecule has 1 N–H and O–H groups in total. The van der Waals surface area contributed by atoms with Crippen LogP contribution in [-0.2, 0) is 14.3 Å². The predicted octanol–water partition coefficient (Wildman–Crippen LogP) is 1.34. The van der Waals surface area contributed by atoms with Crippen LogP contribution in [0.25, 0.3) is 0 Å². The molecule has 0 unspecified atom stereocenters.